The molecule has 6 aliphatic carbocycles. The molecule has 9 rings (SSSR count). The topological polar surface area (TPSA) is 63.9 Å². The van der Waals surface area contributed by atoms with Crippen LogP contribution >= 0.6 is 0 Å². The summed E-state index contributed by atoms with van der Waals surface area (Å²) < 4.78 is 0. The first-order valence-electron chi connectivity index (χ1n) is 9.86. The Morgan fingerprint density at radius 3 is 2.79 bits per heavy atom. The molecule has 6 saturated carbocycles. The molecule has 130 valence electrons. The van der Waals surface area contributed by atoms with Crippen molar-refractivity contribution < 1.29 is 15.3 Å². The van der Waals surface area contributed by atoms with Crippen molar-refractivity contribution in [2.75, 3.05) is 6.54 Å². The molecule has 0 radical (unpaired) electrons. The van der Waals surface area contributed by atoms with E-state index in [0.717, 1.165) is 25.0 Å². The summed E-state index contributed by atoms with van der Waals surface area (Å²) in [6, 6.07) is 0.377. The van der Waals surface area contributed by atoms with Crippen LogP contribution in [0.25, 0.3) is 0 Å². The lowest BCUT2D eigenvalue weighted by molar-refractivity contribution is -0.272. The fourth-order valence-corrected chi connectivity index (χ4v) is 10.6. The summed E-state index contributed by atoms with van der Waals surface area (Å²) in [7, 11) is 0. The Hall–Kier alpha value is -0.420. The maximum Gasteiger partial charge on any atom is 0.123 e. The molecular weight excluding hydrogens is 302 g/mol. The Balaban J connectivity index is 1.57. The number of fused-ring (bicyclic) bond motifs is 1. The minimum Gasteiger partial charge on any atom is -0.392 e. The first-order valence-corrected chi connectivity index (χ1v) is 9.86. The molecule has 2 spiro atoms. The smallest absolute Gasteiger partial charge is 0.123 e. The fraction of sp³-hybridized carbons (Fsp3) is 0.900. The summed E-state index contributed by atoms with van der Waals surface area (Å²) in [6.07, 6.45) is 4.26. The number of aliphatic hydroxyl groups excluding tert-OH is 2. The number of hydrogen-bond donors (Lipinski definition) is 3. The number of hydrogen-bond acceptors (Lipinski definition) is 4. The monoisotopic (exact) mass is 329 g/mol. The van der Waals surface area contributed by atoms with Crippen LogP contribution < -0.4 is 0 Å². The molecule has 4 nitrogen and oxygen atoms in total. The molecule has 9 aliphatic rings. The van der Waals surface area contributed by atoms with Crippen LogP contribution in [0.15, 0.2) is 12.2 Å². The maximum atomic E-state index is 11.9. The van der Waals surface area contributed by atoms with Crippen molar-refractivity contribution in [3.8, 4) is 0 Å². The molecular formula is C20H27NO3. The summed E-state index contributed by atoms with van der Waals surface area (Å²) in [6.45, 7) is 7.56. The summed E-state index contributed by atoms with van der Waals surface area (Å²) in [5.41, 5.74) is -0.0153. The van der Waals surface area contributed by atoms with Crippen molar-refractivity contribution in [1.29, 1.82) is 0 Å². The van der Waals surface area contributed by atoms with E-state index in [0.29, 0.717) is 18.4 Å². The Kier molecular flexibility index (Phi) is 1.88. The molecule has 0 aromatic heterocycles. The van der Waals surface area contributed by atoms with Crippen LogP contribution in [0.5, 0.6) is 0 Å². The van der Waals surface area contributed by atoms with Crippen molar-refractivity contribution in [3.05, 3.63) is 12.2 Å². The van der Waals surface area contributed by atoms with Gasteiger partial charge < -0.3 is 15.3 Å². The van der Waals surface area contributed by atoms with E-state index in [1.807, 2.05) is 0 Å². The molecule has 3 N–H and O–H groups in total. The Morgan fingerprint density at radius 2 is 2.00 bits per heavy atom. The van der Waals surface area contributed by atoms with E-state index in [9.17, 15) is 15.3 Å². The van der Waals surface area contributed by atoms with Gasteiger partial charge in [0.05, 0.1) is 12.2 Å². The quantitative estimate of drug-likeness (QED) is 0.583. The summed E-state index contributed by atoms with van der Waals surface area (Å²) in [4.78, 5) is 2.45. The zero-order valence-corrected chi connectivity index (χ0v) is 14.3. The first kappa shape index (κ1) is 13.7. The predicted octanol–water partition coefficient (Wildman–Crippen LogP) is 1.11. The van der Waals surface area contributed by atoms with E-state index in [2.05, 4.69) is 18.4 Å². The first-order chi connectivity index (χ1) is 11.3. The summed E-state index contributed by atoms with van der Waals surface area (Å²) in [5.74, 6) is 0.946. The van der Waals surface area contributed by atoms with Gasteiger partial charge >= 0.3 is 0 Å². The van der Waals surface area contributed by atoms with E-state index in [1.54, 1.807) is 0 Å². The highest BCUT2D eigenvalue weighted by molar-refractivity contribution is 5.45. The van der Waals surface area contributed by atoms with Crippen LogP contribution in [0, 0.1) is 39.9 Å². The minimum absolute atomic E-state index is 0.0266. The van der Waals surface area contributed by atoms with Gasteiger partial charge in [-0.05, 0) is 48.0 Å². The highest BCUT2D eigenvalue weighted by atomic mass is 16.3. The molecule has 3 aliphatic heterocycles. The normalized spacial score (nSPS) is 76.1. The predicted molar refractivity (Wildman–Crippen MR) is 86.6 cm³/mol. The zero-order chi connectivity index (χ0) is 16.4. The van der Waals surface area contributed by atoms with Crippen LogP contribution in [-0.2, 0) is 0 Å². The van der Waals surface area contributed by atoms with E-state index in [-0.39, 0.29) is 40.1 Å². The van der Waals surface area contributed by atoms with Gasteiger partial charge in [0.25, 0.3) is 0 Å². The molecule has 24 heavy (non-hydrogen) atoms. The second kappa shape index (κ2) is 3.28. The Bertz CT molecular complexity index is 724. The van der Waals surface area contributed by atoms with E-state index >= 15 is 0 Å². The molecule has 5 unspecified atom stereocenters. The number of rotatable bonds is 0. The van der Waals surface area contributed by atoms with Crippen molar-refractivity contribution in [2.45, 2.75) is 63.0 Å². The minimum atomic E-state index is -0.752. The van der Waals surface area contributed by atoms with Crippen molar-refractivity contribution in [1.82, 2.24) is 4.90 Å². The number of nitrogens with zero attached hydrogens (tertiary/aromatic N) is 1. The van der Waals surface area contributed by atoms with Gasteiger partial charge in [-0.25, -0.2) is 0 Å². The van der Waals surface area contributed by atoms with Crippen LogP contribution in [0.3, 0.4) is 0 Å². The van der Waals surface area contributed by atoms with Gasteiger partial charge in [-0.1, -0.05) is 19.9 Å². The Labute approximate surface area is 142 Å². The zero-order valence-electron chi connectivity index (χ0n) is 14.3. The number of aliphatic hydroxyl groups is 3. The van der Waals surface area contributed by atoms with Gasteiger partial charge in [0, 0.05) is 35.8 Å². The molecule has 0 amide bonds. The third-order valence-electron chi connectivity index (χ3n) is 10.4. The second-order valence-corrected chi connectivity index (χ2v) is 10.7. The molecule has 9 bridgehead atoms. The average molecular weight is 329 g/mol. The molecule has 9 fully saturated rings. The van der Waals surface area contributed by atoms with Gasteiger partial charge in [0.2, 0.25) is 0 Å². The van der Waals surface area contributed by atoms with Crippen molar-refractivity contribution >= 4 is 0 Å². The fourth-order valence-electron chi connectivity index (χ4n) is 10.6. The van der Waals surface area contributed by atoms with Gasteiger partial charge in [0.1, 0.15) is 5.72 Å². The van der Waals surface area contributed by atoms with Gasteiger partial charge in [0.15, 0.2) is 0 Å². The lowest BCUT2D eigenvalue weighted by atomic mass is 9.39. The highest BCUT2D eigenvalue weighted by Gasteiger charge is 2.93. The van der Waals surface area contributed by atoms with Crippen LogP contribution in [0.2, 0.25) is 0 Å². The van der Waals surface area contributed by atoms with Crippen LogP contribution in [-0.4, -0.2) is 50.7 Å². The van der Waals surface area contributed by atoms with Gasteiger partial charge in [-0.15, -0.1) is 0 Å². The molecule has 0 aromatic carbocycles. The Morgan fingerprint density at radius 1 is 1.21 bits per heavy atom. The molecule has 12 atom stereocenters. The van der Waals surface area contributed by atoms with Gasteiger partial charge in [-0.2, -0.15) is 0 Å². The van der Waals surface area contributed by atoms with Gasteiger partial charge in [-0.3, -0.25) is 4.90 Å². The van der Waals surface area contributed by atoms with E-state index in [4.69, 9.17) is 0 Å². The van der Waals surface area contributed by atoms with Crippen molar-refractivity contribution in [2.24, 2.45) is 39.9 Å². The van der Waals surface area contributed by atoms with E-state index in [1.165, 1.54) is 12.8 Å². The largest absolute Gasteiger partial charge is 0.392 e. The van der Waals surface area contributed by atoms with E-state index < -0.39 is 11.8 Å². The summed E-state index contributed by atoms with van der Waals surface area (Å²) >= 11 is 0. The maximum absolute atomic E-state index is 11.9. The molecule has 0 aromatic rings. The second-order valence-electron chi connectivity index (χ2n) is 10.7. The third kappa shape index (κ3) is 0.903. The molecule has 3 heterocycles. The third-order valence-corrected chi connectivity index (χ3v) is 10.4. The number of piperidine rings is 2. The lowest BCUT2D eigenvalue weighted by Gasteiger charge is -2.67. The highest BCUT2D eigenvalue weighted by Crippen LogP contribution is 2.88. The average Bonchev–Trinajstić information content (AvgIpc) is 2.88. The lowest BCUT2D eigenvalue weighted by Crippen LogP contribution is -2.71. The molecule has 3 saturated heterocycles. The SMILES string of the molecule is C=C1C2CC3C4N5C[C@@]6(C)CCC[C@@]47[C@@H]([C@@H]2O)C3(C[C@@]5(O)[C@@H]67)[C@@H]1O. The molecule has 4 heteroatoms. The summed E-state index contributed by atoms with van der Waals surface area (Å²) in [5, 5.41) is 34.4. The van der Waals surface area contributed by atoms with Crippen LogP contribution in [0.1, 0.15) is 39.0 Å². The van der Waals surface area contributed by atoms with Crippen LogP contribution in [0.4, 0.5) is 0 Å². The standard InChI is InChI=1S/C20H27NO3/c1-9-10-6-11-14-18-5-3-4-17(2)8-21(14)20(24,16(17)18)7-19(11,15(9)23)13(18)12(10)22/h10-16,22-24H,1,3-8H2,2H3/t10?,11?,12-,13-,14?,15-,16+,17-,18-,19?,20-/m1/s1. The van der Waals surface area contributed by atoms with Crippen molar-refractivity contribution in [3.63, 3.8) is 0 Å².